The van der Waals surface area contributed by atoms with Gasteiger partial charge in [0.15, 0.2) is 5.69 Å². The molecule has 0 bridgehead atoms. The molecule has 0 amide bonds. The summed E-state index contributed by atoms with van der Waals surface area (Å²) in [6, 6.07) is 2.47. The summed E-state index contributed by atoms with van der Waals surface area (Å²) in [5, 5.41) is 0. The zero-order chi connectivity index (χ0) is 18.0. The number of aromatic nitrogens is 2. The summed E-state index contributed by atoms with van der Waals surface area (Å²) < 4.78 is 77.3. The SMILES string of the molecule is [C-]#[N+]c1ccc(N(Cc2cnc[nH]2)CC(F)(F)F)cc1C(F)(F)F. The van der Waals surface area contributed by atoms with Gasteiger partial charge in [-0.3, -0.25) is 0 Å². The van der Waals surface area contributed by atoms with Crippen LogP contribution in [-0.4, -0.2) is 22.7 Å². The average Bonchev–Trinajstić information content (AvgIpc) is 2.96. The lowest BCUT2D eigenvalue weighted by molar-refractivity contribution is -0.136. The Bertz CT molecular complexity index is 727. The van der Waals surface area contributed by atoms with Crippen LogP contribution in [0, 0.1) is 6.57 Å². The minimum absolute atomic E-state index is 0.290. The van der Waals surface area contributed by atoms with E-state index in [0.29, 0.717) is 11.8 Å². The van der Waals surface area contributed by atoms with Crippen LogP contribution in [-0.2, 0) is 12.7 Å². The quantitative estimate of drug-likeness (QED) is 0.650. The minimum atomic E-state index is -4.84. The fraction of sp³-hybridized carbons (Fsp3) is 0.286. The molecule has 0 aliphatic rings. The molecule has 0 unspecified atom stereocenters. The number of imidazole rings is 1. The maximum atomic E-state index is 13.0. The third-order valence-corrected chi connectivity index (χ3v) is 3.06. The minimum Gasteiger partial charge on any atom is -0.357 e. The lowest BCUT2D eigenvalue weighted by Crippen LogP contribution is -2.34. The van der Waals surface area contributed by atoms with Crippen LogP contribution in [0.4, 0.5) is 37.7 Å². The van der Waals surface area contributed by atoms with E-state index in [4.69, 9.17) is 6.57 Å². The van der Waals surface area contributed by atoms with Crippen molar-refractivity contribution in [1.29, 1.82) is 0 Å². The van der Waals surface area contributed by atoms with Crippen LogP contribution in [0.3, 0.4) is 0 Å². The van der Waals surface area contributed by atoms with Crippen molar-refractivity contribution in [2.75, 3.05) is 11.4 Å². The van der Waals surface area contributed by atoms with Crippen molar-refractivity contribution in [3.05, 3.63) is 53.4 Å². The van der Waals surface area contributed by atoms with Gasteiger partial charge in [-0.25, -0.2) is 9.83 Å². The molecule has 0 aliphatic carbocycles. The molecule has 1 heterocycles. The van der Waals surface area contributed by atoms with E-state index < -0.39 is 30.1 Å². The van der Waals surface area contributed by atoms with Gasteiger partial charge in [0.05, 0.1) is 30.7 Å². The van der Waals surface area contributed by atoms with E-state index in [9.17, 15) is 26.3 Å². The standard InChI is InChI=1S/C14H10F6N4/c1-21-12-3-2-10(4-11(12)14(18,19)20)24(7-13(15,16)17)6-9-5-22-8-23-9/h2-5,8H,6-7H2,(H,22,23). The molecule has 0 atom stereocenters. The van der Waals surface area contributed by atoms with Gasteiger partial charge >= 0.3 is 12.4 Å². The van der Waals surface area contributed by atoms with Crippen LogP contribution in [0.25, 0.3) is 4.85 Å². The molecular formula is C14H10F6N4. The van der Waals surface area contributed by atoms with Crippen LogP contribution in [0.2, 0.25) is 0 Å². The molecule has 0 radical (unpaired) electrons. The lowest BCUT2D eigenvalue weighted by Gasteiger charge is -2.26. The monoisotopic (exact) mass is 348 g/mol. The zero-order valence-electron chi connectivity index (χ0n) is 11.9. The Kier molecular flexibility index (Phi) is 4.73. The summed E-state index contributed by atoms with van der Waals surface area (Å²) in [7, 11) is 0. The van der Waals surface area contributed by atoms with E-state index in [0.717, 1.165) is 17.0 Å². The molecule has 1 aromatic heterocycles. The summed E-state index contributed by atoms with van der Waals surface area (Å²) in [4.78, 5) is 9.76. The highest BCUT2D eigenvalue weighted by atomic mass is 19.4. The Hall–Kier alpha value is -2.70. The highest BCUT2D eigenvalue weighted by molar-refractivity contribution is 5.62. The largest absolute Gasteiger partial charge is 0.407 e. The molecule has 0 fully saturated rings. The smallest absolute Gasteiger partial charge is 0.357 e. The van der Waals surface area contributed by atoms with Crippen LogP contribution >= 0.6 is 0 Å². The maximum Gasteiger partial charge on any atom is 0.407 e. The summed E-state index contributed by atoms with van der Waals surface area (Å²) in [6.45, 7) is 5.01. The number of anilines is 1. The third kappa shape index (κ3) is 4.41. The van der Waals surface area contributed by atoms with Crippen molar-refractivity contribution in [2.24, 2.45) is 0 Å². The first-order valence-electron chi connectivity index (χ1n) is 6.48. The second-order valence-corrected chi connectivity index (χ2v) is 4.86. The highest BCUT2D eigenvalue weighted by Crippen LogP contribution is 2.39. The van der Waals surface area contributed by atoms with Crippen molar-refractivity contribution >= 4 is 11.4 Å². The maximum absolute atomic E-state index is 13.0. The Labute approximate surface area is 132 Å². The van der Waals surface area contributed by atoms with Crippen molar-refractivity contribution in [1.82, 2.24) is 9.97 Å². The van der Waals surface area contributed by atoms with Gasteiger partial charge in [0.1, 0.15) is 6.54 Å². The summed E-state index contributed by atoms with van der Waals surface area (Å²) in [5.74, 6) is 0. The van der Waals surface area contributed by atoms with Crippen LogP contribution < -0.4 is 4.90 Å². The zero-order valence-corrected chi connectivity index (χ0v) is 11.9. The van der Waals surface area contributed by atoms with E-state index in [-0.39, 0.29) is 12.2 Å². The number of nitrogens with zero attached hydrogens (tertiary/aromatic N) is 3. The van der Waals surface area contributed by atoms with Crippen LogP contribution in [0.5, 0.6) is 0 Å². The number of H-pyrrole nitrogens is 1. The topological polar surface area (TPSA) is 36.3 Å². The average molecular weight is 348 g/mol. The van der Waals surface area contributed by atoms with Gasteiger partial charge in [-0.15, -0.1) is 0 Å². The predicted octanol–water partition coefficient (Wildman–Crippen LogP) is 4.55. The first kappa shape index (κ1) is 17.7. The van der Waals surface area contributed by atoms with Crippen molar-refractivity contribution < 1.29 is 26.3 Å². The highest BCUT2D eigenvalue weighted by Gasteiger charge is 2.35. The third-order valence-electron chi connectivity index (χ3n) is 3.06. The van der Waals surface area contributed by atoms with Crippen molar-refractivity contribution in [2.45, 2.75) is 18.9 Å². The Balaban J connectivity index is 2.44. The summed E-state index contributed by atoms with van der Waals surface area (Å²) in [6.07, 6.45) is -6.92. The second kappa shape index (κ2) is 6.43. The van der Waals surface area contributed by atoms with Crippen LogP contribution in [0.1, 0.15) is 11.3 Å². The molecule has 0 saturated carbocycles. The number of nitrogens with one attached hydrogen (secondary N) is 1. The molecule has 10 heteroatoms. The molecule has 2 rings (SSSR count). The number of alkyl halides is 6. The van der Waals surface area contributed by atoms with E-state index in [2.05, 4.69) is 14.8 Å². The molecule has 1 N–H and O–H groups in total. The van der Waals surface area contributed by atoms with Crippen LogP contribution in [0.15, 0.2) is 30.7 Å². The molecule has 24 heavy (non-hydrogen) atoms. The Morgan fingerprint density at radius 1 is 1.17 bits per heavy atom. The van der Waals surface area contributed by atoms with Crippen molar-refractivity contribution in [3.8, 4) is 0 Å². The lowest BCUT2D eigenvalue weighted by atomic mass is 10.1. The predicted molar refractivity (Wildman–Crippen MR) is 73.4 cm³/mol. The molecule has 0 saturated heterocycles. The molecule has 0 aliphatic heterocycles. The number of hydrogen-bond donors (Lipinski definition) is 1. The second-order valence-electron chi connectivity index (χ2n) is 4.86. The van der Waals surface area contributed by atoms with E-state index in [1.54, 1.807) is 0 Å². The van der Waals surface area contributed by atoms with Gasteiger partial charge < -0.3 is 9.88 Å². The van der Waals surface area contributed by atoms with Gasteiger partial charge in [0, 0.05) is 11.9 Å². The van der Waals surface area contributed by atoms with E-state index in [1.165, 1.54) is 12.5 Å². The summed E-state index contributed by atoms with van der Waals surface area (Å²) >= 11 is 0. The summed E-state index contributed by atoms with van der Waals surface area (Å²) in [5.41, 5.74) is -1.92. The van der Waals surface area contributed by atoms with E-state index in [1.807, 2.05) is 0 Å². The Morgan fingerprint density at radius 3 is 2.38 bits per heavy atom. The van der Waals surface area contributed by atoms with E-state index >= 15 is 0 Å². The first-order valence-corrected chi connectivity index (χ1v) is 6.48. The molecule has 0 spiro atoms. The van der Waals surface area contributed by atoms with Gasteiger partial charge in [0.2, 0.25) is 0 Å². The van der Waals surface area contributed by atoms with Gasteiger partial charge in [-0.05, 0) is 12.1 Å². The van der Waals surface area contributed by atoms with Crippen molar-refractivity contribution in [3.63, 3.8) is 0 Å². The number of aromatic amines is 1. The number of hydrogen-bond acceptors (Lipinski definition) is 2. The normalized spacial score (nSPS) is 12.0. The van der Waals surface area contributed by atoms with Gasteiger partial charge in [0.25, 0.3) is 0 Å². The van der Waals surface area contributed by atoms with Gasteiger partial charge in [-0.1, -0.05) is 6.07 Å². The molecule has 4 nitrogen and oxygen atoms in total. The molecular weight excluding hydrogens is 338 g/mol. The van der Waals surface area contributed by atoms with Gasteiger partial charge in [-0.2, -0.15) is 26.3 Å². The molecule has 128 valence electrons. The number of benzene rings is 1. The fourth-order valence-electron chi connectivity index (χ4n) is 2.08. The molecule has 2 aromatic rings. The Morgan fingerprint density at radius 2 is 1.88 bits per heavy atom. The fourth-order valence-corrected chi connectivity index (χ4v) is 2.08. The number of rotatable bonds is 4. The molecule has 1 aromatic carbocycles. The number of halogens is 6. The first-order chi connectivity index (χ1) is 11.1.